The predicted molar refractivity (Wildman–Crippen MR) is 65.6 cm³/mol. The van der Waals surface area contributed by atoms with Crippen molar-refractivity contribution in [3.05, 3.63) is 47.2 Å². The lowest BCUT2D eigenvalue weighted by Gasteiger charge is -2.27. The summed E-state index contributed by atoms with van der Waals surface area (Å²) in [5.41, 5.74) is 1.77. The summed E-state index contributed by atoms with van der Waals surface area (Å²) in [4.78, 5) is 23.3. The SMILES string of the molecule is COC(=O)C1=C(C)NC(=O)N[C@H]1c1ccccc1. The van der Waals surface area contributed by atoms with Crippen molar-refractivity contribution in [2.24, 2.45) is 0 Å². The van der Waals surface area contributed by atoms with Gasteiger partial charge in [-0.05, 0) is 12.5 Å². The van der Waals surface area contributed by atoms with E-state index in [9.17, 15) is 9.59 Å². The van der Waals surface area contributed by atoms with E-state index in [2.05, 4.69) is 10.6 Å². The number of urea groups is 1. The Bertz CT molecular complexity index is 508. The summed E-state index contributed by atoms with van der Waals surface area (Å²) in [6.07, 6.45) is 0. The Morgan fingerprint density at radius 2 is 1.94 bits per heavy atom. The molecule has 94 valence electrons. The molecule has 5 nitrogen and oxygen atoms in total. The summed E-state index contributed by atoms with van der Waals surface area (Å²) in [5, 5.41) is 5.29. The van der Waals surface area contributed by atoms with Crippen molar-refractivity contribution in [1.82, 2.24) is 10.6 Å². The molecule has 0 radical (unpaired) electrons. The minimum absolute atomic E-state index is 0.325. The van der Waals surface area contributed by atoms with Crippen molar-refractivity contribution in [2.45, 2.75) is 13.0 Å². The largest absolute Gasteiger partial charge is 0.466 e. The van der Waals surface area contributed by atoms with E-state index in [1.165, 1.54) is 7.11 Å². The fourth-order valence-electron chi connectivity index (χ4n) is 1.97. The maximum atomic E-state index is 11.8. The Morgan fingerprint density at radius 3 is 2.56 bits per heavy atom. The number of carbonyl (C=O) groups excluding carboxylic acids is 2. The van der Waals surface area contributed by atoms with Crippen LogP contribution in [0.3, 0.4) is 0 Å². The molecule has 2 rings (SSSR count). The molecule has 1 aromatic carbocycles. The van der Waals surface area contributed by atoms with Crippen LogP contribution in [0.1, 0.15) is 18.5 Å². The van der Waals surface area contributed by atoms with Crippen LogP contribution >= 0.6 is 0 Å². The number of benzene rings is 1. The minimum atomic E-state index is -0.479. The van der Waals surface area contributed by atoms with Gasteiger partial charge >= 0.3 is 12.0 Å². The molecular formula is C13H14N2O3. The Morgan fingerprint density at radius 1 is 1.28 bits per heavy atom. The van der Waals surface area contributed by atoms with E-state index in [1.807, 2.05) is 30.3 Å². The number of nitrogens with one attached hydrogen (secondary N) is 2. The maximum Gasteiger partial charge on any atom is 0.337 e. The van der Waals surface area contributed by atoms with Gasteiger partial charge in [-0.15, -0.1) is 0 Å². The second-order valence-electron chi connectivity index (χ2n) is 3.97. The third-order valence-corrected chi connectivity index (χ3v) is 2.81. The van der Waals surface area contributed by atoms with Crippen LogP contribution in [0.2, 0.25) is 0 Å². The minimum Gasteiger partial charge on any atom is -0.466 e. The summed E-state index contributed by atoms with van der Waals surface area (Å²) in [6.45, 7) is 1.68. The lowest BCUT2D eigenvalue weighted by atomic mass is 9.96. The summed E-state index contributed by atoms with van der Waals surface area (Å²) in [5.74, 6) is -0.450. The molecule has 0 aliphatic carbocycles. The highest BCUT2D eigenvalue weighted by molar-refractivity contribution is 5.94. The van der Waals surface area contributed by atoms with E-state index in [0.717, 1.165) is 5.56 Å². The molecule has 0 fully saturated rings. The first-order valence-electron chi connectivity index (χ1n) is 5.55. The zero-order valence-electron chi connectivity index (χ0n) is 10.2. The van der Waals surface area contributed by atoms with Gasteiger partial charge in [-0.1, -0.05) is 30.3 Å². The van der Waals surface area contributed by atoms with Gasteiger partial charge in [-0.3, -0.25) is 0 Å². The van der Waals surface area contributed by atoms with Gasteiger partial charge in [0.15, 0.2) is 0 Å². The maximum absolute atomic E-state index is 11.8. The van der Waals surface area contributed by atoms with E-state index in [-0.39, 0.29) is 6.03 Å². The average Bonchev–Trinajstić information content (AvgIpc) is 2.38. The summed E-state index contributed by atoms with van der Waals surface area (Å²) < 4.78 is 4.76. The topological polar surface area (TPSA) is 67.4 Å². The van der Waals surface area contributed by atoms with Gasteiger partial charge in [0.05, 0.1) is 18.7 Å². The summed E-state index contributed by atoms with van der Waals surface area (Å²) in [7, 11) is 1.32. The van der Waals surface area contributed by atoms with Gasteiger partial charge in [-0.25, -0.2) is 9.59 Å². The third-order valence-electron chi connectivity index (χ3n) is 2.81. The van der Waals surface area contributed by atoms with Crippen LogP contribution in [0, 0.1) is 0 Å². The second kappa shape index (κ2) is 4.91. The fraction of sp³-hybridized carbons (Fsp3) is 0.231. The van der Waals surface area contributed by atoms with Crippen LogP contribution in [-0.4, -0.2) is 19.1 Å². The van der Waals surface area contributed by atoms with Gasteiger partial charge < -0.3 is 15.4 Å². The number of ether oxygens (including phenoxy) is 1. The number of hydrogen-bond acceptors (Lipinski definition) is 3. The molecule has 0 aromatic heterocycles. The highest BCUT2D eigenvalue weighted by atomic mass is 16.5. The predicted octanol–water partition coefficient (Wildman–Crippen LogP) is 1.49. The standard InChI is InChI=1S/C13H14N2O3/c1-8-10(12(16)18-2)11(15-13(17)14-8)9-6-4-3-5-7-9/h3-7,11H,1-2H3,(H2,14,15,17)/t11-/m0/s1. The molecule has 0 spiro atoms. The van der Waals surface area contributed by atoms with Gasteiger partial charge in [-0.2, -0.15) is 0 Å². The Hall–Kier alpha value is -2.30. The number of esters is 1. The third kappa shape index (κ3) is 2.20. The number of amides is 2. The van der Waals surface area contributed by atoms with Crippen LogP contribution in [-0.2, 0) is 9.53 Å². The number of rotatable bonds is 2. The van der Waals surface area contributed by atoms with E-state index in [1.54, 1.807) is 6.92 Å². The van der Waals surface area contributed by atoms with Crippen LogP contribution in [0.4, 0.5) is 4.79 Å². The molecule has 1 atom stereocenters. The van der Waals surface area contributed by atoms with E-state index >= 15 is 0 Å². The molecule has 0 bridgehead atoms. The van der Waals surface area contributed by atoms with Crippen LogP contribution in [0.5, 0.6) is 0 Å². The van der Waals surface area contributed by atoms with Crippen LogP contribution < -0.4 is 10.6 Å². The van der Waals surface area contributed by atoms with E-state index in [0.29, 0.717) is 11.3 Å². The Balaban J connectivity index is 2.46. The van der Waals surface area contributed by atoms with Crippen molar-refractivity contribution >= 4 is 12.0 Å². The van der Waals surface area contributed by atoms with E-state index in [4.69, 9.17) is 4.74 Å². The Kier molecular flexibility index (Phi) is 3.32. The molecule has 5 heteroatoms. The normalized spacial score (nSPS) is 19.0. The van der Waals surface area contributed by atoms with Crippen molar-refractivity contribution in [3.8, 4) is 0 Å². The van der Waals surface area contributed by atoms with Gasteiger partial charge in [0.1, 0.15) is 0 Å². The second-order valence-corrected chi connectivity index (χ2v) is 3.97. The quantitative estimate of drug-likeness (QED) is 0.777. The number of carbonyl (C=O) groups is 2. The first kappa shape index (κ1) is 12.2. The molecule has 0 saturated carbocycles. The van der Waals surface area contributed by atoms with Gasteiger partial charge in [0.25, 0.3) is 0 Å². The van der Waals surface area contributed by atoms with Crippen molar-refractivity contribution < 1.29 is 14.3 Å². The molecule has 1 aromatic rings. The molecule has 0 unspecified atom stereocenters. The van der Waals surface area contributed by atoms with Crippen molar-refractivity contribution in [3.63, 3.8) is 0 Å². The fourth-order valence-corrected chi connectivity index (χ4v) is 1.97. The van der Waals surface area contributed by atoms with Crippen molar-refractivity contribution in [1.29, 1.82) is 0 Å². The van der Waals surface area contributed by atoms with Gasteiger partial charge in [0, 0.05) is 5.70 Å². The smallest absolute Gasteiger partial charge is 0.337 e. The van der Waals surface area contributed by atoms with Gasteiger partial charge in [0.2, 0.25) is 0 Å². The number of methoxy groups -OCH3 is 1. The highest BCUT2D eigenvalue weighted by Gasteiger charge is 2.31. The first-order valence-corrected chi connectivity index (χ1v) is 5.55. The van der Waals surface area contributed by atoms with E-state index < -0.39 is 12.0 Å². The average molecular weight is 246 g/mol. The zero-order chi connectivity index (χ0) is 13.1. The lowest BCUT2D eigenvalue weighted by molar-refractivity contribution is -0.136. The molecule has 1 aliphatic rings. The molecule has 2 amide bonds. The molecular weight excluding hydrogens is 232 g/mol. The monoisotopic (exact) mass is 246 g/mol. The Labute approximate surface area is 105 Å². The highest BCUT2D eigenvalue weighted by Crippen LogP contribution is 2.26. The number of hydrogen-bond donors (Lipinski definition) is 2. The van der Waals surface area contributed by atoms with Crippen molar-refractivity contribution in [2.75, 3.05) is 7.11 Å². The summed E-state index contributed by atoms with van der Waals surface area (Å²) in [6, 6.07) is 8.49. The zero-order valence-corrected chi connectivity index (χ0v) is 10.2. The first-order chi connectivity index (χ1) is 8.63. The summed E-state index contributed by atoms with van der Waals surface area (Å²) >= 11 is 0. The lowest BCUT2D eigenvalue weighted by Crippen LogP contribution is -2.45. The number of allylic oxidation sites excluding steroid dienone is 1. The molecule has 1 aliphatic heterocycles. The van der Waals surface area contributed by atoms with Crippen LogP contribution in [0.25, 0.3) is 0 Å². The molecule has 0 saturated heterocycles. The molecule has 18 heavy (non-hydrogen) atoms. The molecule has 1 heterocycles. The van der Waals surface area contributed by atoms with Crippen LogP contribution in [0.15, 0.2) is 41.6 Å². The molecule has 2 N–H and O–H groups in total.